The Bertz CT molecular complexity index is 801. The van der Waals surface area contributed by atoms with Crippen molar-refractivity contribution >= 4 is 5.91 Å². The van der Waals surface area contributed by atoms with E-state index in [4.69, 9.17) is 14.6 Å². The summed E-state index contributed by atoms with van der Waals surface area (Å²) in [5.41, 5.74) is 4.50. The van der Waals surface area contributed by atoms with E-state index in [1.54, 1.807) is 7.11 Å². The van der Waals surface area contributed by atoms with Crippen LogP contribution in [0.1, 0.15) is 52.8 Å². The summed E-state index contributed by atoms with van der Waals surface area (Å²) in [6.45, 7) is 5.68. The van der Waals surface area contributed by atoms with Gasteiger partial charge in [0.05, 0.1) is 31.1 Å². The van der Waals surface area contributed by atoms with E-state index in [9.17, 15) is 4.79 Å². The first-order chi connectivity index (χ1) is 13.5. The van der Waals surface area contributed by atoms with Gasteiger partial charge in [0.15, 0.2) is 5.69 Å². The summed E-state index contributed by atoms with van der Waals surface area (Å²) in [6.07, 6.45) is 1.25. The van der Waals surface area contributed by atoms with Crippen LogP contribution in [0, 0.1) is 0 Å². The maximum Gasteiger partial charge on any atom is 0.272 e. The maximum absolute atomic E-state index is 12.9. The van der Waals surface area contributed by atoms with Crippen LogP contribution in [0.5, 0.6) is 0 Å². The highest BCUT2D eigenvalue weighted by Gasteiger charge is 2.32. The Morgan fingerprint density at radius 2 is 2.04 bits per heavy atom. The molecule has 0 radical (unpaired) electrons. The van der Waals surface area contributed by atoms with Crippen LogP contribution < -0.4 is 5.32 Å². The zero-order chi connectivity index (χ0) is 20.1. The second kappa shape index (κ2) is 9.32. The molecule has 0 saturated carbocycles. The SMILES string of the molecule is COCCn1nc(C(=O)NCc2ccc(CCO)cc2)c2c1[C@H](C)O[C@H](C)C2. The van der Waals surface area contributed by atoms with Crippen molar-refractivity contribution in [3.63, 3.8) is 0 Å². The highest BCUT2D eigenvalue weighted by atomic mass is 16.5. The number of hydrogen-bond donors (Lipinski definition) is 2. The molecule has 0 bridgehead atoms. The lowest BCUT2D eigenvalue weighted by Crippen LogP contribution is -2.27. The normalized spacial score (nSPS) is 18.7. The number of hydrogen-bond acceptors (Lipinski definition) is 5. The number of aromatic nitrogens is 2. The lowest BCUT2D eigenvalue weighted by molar-refractivity contribution is -0.0101. The molecule has 2 aromatic rings. The number of amides is 1. The van der Waals surface area contributed by atoms with Crippen LogP contribution in [-0.2, 0) is 35.4 Å². The van der Waals surface area contributed by atoms with E-state index in [1.807, 2.05) is 42.8 Å². The first kappa shape index (κ1) is 20.5. The molecule has 0 spiro atoms. The van der Waals surface area contributed by atoms with Gasteiger partial charge in [-0.25, -0.2) is 0 Å². The van der Waals surface area contributed by atoms with Crippen LogP contribution in [0.3, 0.4) is 0 Å². The van der Waals surface area contributed by atoms with E-state index in [2.05, 4.69) is 10.4 Å². The molecular weight excluding hydrogens is 358 g/mol. The van der Waals surface area contributed by atoms with Gasteiger partial charge in [0.2, 0.25) is 0 Å². The van der Waals surface area contributed by atoms with Crippen LogP contribution in [0.4, 0.5) is 0 Å². The molecule has 1 amide bonds. The number of ether oxygens (including phenoxy) is 2. The lowest BCUT2D eigenvalue weighted by Gasteiger charge is -2.27. The van der Waals surface area contributed by atoms with E-state index < -0.39 is 0 Å². The molecule has 0 unspecified atom stereocenters. The highest BCUT2D eigenvalue weighted by molar-refractivity contribution is 5.94. The van der Waals surface area contributed by atoms with Gasteiger partial charge in [0.1, 0.15) is 0 Å². The Hall–Kier alpha value is -2.22. The smallest absolute Gasteiger partial charge is 0.272 e. The molecule has 7 nitrogen and oxygen atoms in total. The zero-order valence-corrected chi connectivity index (χ0v) is 16.8. The molecule has 2 atom stereocenters. The molecule has 1 aliphatic heterocycles. The first-order valence-corrected chi connectivity index (χ1v) is 9.74. The lowest BCUT2D eigenvalue weighted by atomic mass is 9.99. The van der Waals surface area contributed by atoms with Crippen LogP contribution in [0.25, 0.3) is 0 Å². The molecule has 0 aliphatic carbocycles. The van der Waals surface area contributed by atoms with Gasteiger partial charge >= 0.3 is 0 Å². The molecule has 2 N–H and O–H groups in total. The van der Waals surface area contributed by atoms with Crippen LogP contribution >= 0.6 is 0 Å². The molecule has 1 aromatic carbocycles. The van der Waals surface area contributed by atoms with Crippen molar-refractivity contribution in [3.8, 4) is 0 Å². The second-order valence-electron chi connectivity index (χ2n) is 7.19. The number of fused-ring (bicyclic) bond motifs is 1. The summed E-state index contributed by atoms with van der Waals surface area (Å²) in [7, 11) is 1.65. The molecule has 2 heterocycles. The zero-order valence-electron chi connectivity index (χ0n) is 16.8. The maximum atomic E-state index is 12.9. The second-order valence-corrected chi connectivity index (χ2v) is 7.19. The third-order valence-electron chi connectivity index (χ3n) is 5.01. The van der Waals surface area contributed by atoms with E-state index >= 15 is 0 Å². The molecule has 152 valence electrons. The van der Waals surface area contributed by atoms with Crippen molar-refractivity contribution in [1.29, 1.82) is 0 Å². The molecule has 1 aliphatic rings. The molecular formula is C21H29N3O4. The number of benzene rings is 1. The van der Waals surface area contributed by atoms with Crippen molar-refractivity contribution in [2.24, 2.45) is 0 Å². The van der Waals surface area contributed by atoms with Crippen molar-refractivity contribution in [2.75, 3.05) is 20.3 Å². The summed E-state index contributed by atoms with van der Waals surface area (Å²) in [6, 6.07) is 7.88. The fraction of sp³-hybridized carbons (Fsp3) is 0.524. The van der Waals surface area contributed by atoms with Gasteiger partial charge in [-0.1, -0.05) is 24.3 Å². The Kier molecular flexibility index (Phi) is 6.83. The molecule has 0 fully saturated rings. The van der Waals surface area contributed by atoms with E-state index in [-0.39, 0.29) is 24.7 Å². The van der Waals surface area contributed by atoms with E-state index in [0.717, 1.165) is 22.4 Å². The van der Waals surface area contributed by atoms with Crippen LogP contribution in [0.15, 0.2) is 24.3 Å². The van der Waals surface area contributed by atoms with Crippen LogP contribution in [0.2, 0.25) is 0 Å². The molecule has 28 heavy (non-hydrogen) atoms. The highest BCUT2D eigenvalue weighted by Crippen LogP contribution is 2.32. The number of carbonyl (C=O) groups is 1. The number of carbonyl (C=O) groups excluding carboxylic acids is 1. The van der Waals surface area contributed by atoms with Gasteiger partial charge in [0.25, 0.3) is 5.91 Å². The number of rotatable bonds is 8. The summed E-state index contributed by atoms with van der Waals surface area (Å²) in [5, 5.41) is 16.6. The summed E-state index contributed by atoms with van der Waals surface area (Å²) < 4.78 is 13.0. The molecule has 1 aromatic heterocycles. The third-order valence-corrected chi connectivity index (χ3v) is 5.01. The van der Waals surface area contributed by atoms with Gasteiger partial charge in [-0.3, -0.25) is 9.48 Å². The van der Waals surface area contributed by atoms with Gasteiger partial charge < -0.3 is 19.9 Å². The number of methoxy groups -OCH3 is 1. The fourth-order valence-electron chi connectivity index (χ4n) is 3.67. The monoisotopic (exact) mass is 387 g/mol. The fourth-order valence-corrected chi connectivity index (χ4v) is 3.67. The first-order valence-electron chi connectivity index (χ1n) is 9.74. The standard InChI is InChI=1S/C21H29N3O4/c1-14-12-18-19(23-24(9-11-27-3)20(18)15(2)28-14)21(26)22-13-17-6-4-16(5-7-17)8-10-25/h4-7,14-15,25H,8-13H2,1-3H3,(H,22,26)/t14-,15+/m1/s1. The minimum atomic E-state index is -0.173. The predicted molar refractivity (Wildman–Crippen MR) is 105 cm³/mol. The Morgan fingerprint density at radius 1 is 1.32 bits per heavy atom. The van der Waals surface area contributed by atoms with Gasteiger partial charge in [-0.2, -0.15) is 5.10 Å². The Morgan fingerprint density at radius 3 is 2.71 bits per heavy atom. The van der Waals surface area contributed by atoms with Crippen molar-refractivity contribution in [3.05, 3.63) is 52.3 Å². The summed E-state index contributed by atoms with van der Waals surface area (Å²) >= 11 is 0. The molecule has 0 saturated heterocycles. The Balaban J connectivity index is 1.75. The van der Waals surface area contributed by atoms with Gasteiger partial charge in [-0.05, 0) is 31.4 Å². The van der Waals surface area contributed by atoms with Crippen molar-refractivity contribution in [2.45, 2.75) is 52.0 Å². The number of nitrogens with one attached hydrogen (secondary N) is 1. The molecule has 7 heteroatoms. The summed E-state index contributed by atoms with van der Waals surface area (Å²) in [4.78, 5) is 12.9. The number of nitrogens with zero attached hydrogens (tertiary/aromatic N) is 2. The minimum absolute atomic E-state index is 0.0493. The molecule has 3 rings (SSSR count). The average Bonchev–Trinajstić information content (AvgIpc) is 3.04. The minimum Gasteiger partial charge on any atom is -0.396 e. The third kappa shape index (κ3) is 4.60. The van der Waals surface area contributed by atoms with E-state index in [1.165, 1.54) is 0 Å². The largest absolute Gasteiger partial charge is 0.396 e. The van der Waals surface area contributed by atoms with Crippen molar-refractivity contribution < 1.29 is 19.4 Å². The number of aliphatic hydroxyl groups is 1. The Labute approximate surface area is 165 Å². The quantitative estimate of drug-likeness (QED) is 0.724. The average molecular weight is 387 g/mol. The van der Waals surface area contributed by atoms with Gasteiger partial charge in [-0.15, -0.1) is 0 Å². The van der Waals surface area contributed by atoms with Crippen LogP contribution in [-0.4, -0.2) is 47.2 Å². The topological polar surface area (TPSA) is 85.6 Å². The van der Waals surface area contributed by atoms with E-state index in [0.29, 0.717) is 38.2 Å². The summed E-state index contributed by atoms with van der Waals surface area (Å²) in [5.74, 6) is -0.173. The predicted octanol–water partition coefficient (Wildman–Crippen LogP) is 2.02. The van der Waals surface area contributed by atoms with Gasteiger partial charge in [0, 0.05) is 32.2 Å². The van der Waals surface area contributed by atoms with Crippen molar-refractivity contribution in [1.82, 2.24) is 15.1 Å². The number of aliphatic hydroxyl groups excluding tert-OH is 1.